The molecule has 0 radical (unpaired) electrons. The van der Waals surface area contributed by atoms with Crippen LogP contribution in [0.2, 0.25) is 0 Å². The van der Waals surface area contributed by atoms with Crippen LogP contribution < -0.4 is 11.2 Å². The molecule has 3 aromatic rings. The normalized spacial score (nSPS) is 13.1. The third-order valence-corrected chi connectivity index (χ3v) is 5.81. The Morgan fingerprint density at radius 2 is 1.48 bits per heavy atom. The van der Waals surface area contributed by atoms with Crippen LogP contribution in [0.3, 0.4) is 0 Å². The van der Waals surface area contributed by atoms with E-state index in [1.54, 1.807) is 13.8 Å². The van der Waals surface area contributed by atoms with Gasteiger partial charge in [-0.1, -0.05) is 90.4 Å². The molecule has 0 heterocycles. The summed E-state index contributed by atoms with van der Waals surface area (Å²) < 4.78 is 6.04. The van der Waals surface area contributed by atoms with E-state index in [9.17, 15) is 5.11 Å². The van der Waals surface area contributed by atoms with Crippen LogP contribution in [-0.2, 0) is 11.2 Å². The number of amidine groups is 2. The standard InChI is InChI=1S/C27H32BN3O2/c1-26(2,32)27(3,4)33-28-23-17-11-16-22(18-23)25(30-19-20-12-7-5-8-13-20)31-24(29)21-14-9-6-10-15-21/h5-18,28,32H,19H2,1-4H3,(H2,29,30,31). The summed E-state index contributed by atoms with van der Waals surface area (Å²) in [5, 5.41) is 10.4. The van der Waals surface area contributed by atoms with Crippen LogP contribution in [0.15, 0.2) is 94.9 Å². The van der Waals surface area contributed by atoms with Gasteiger partial charge in [0.25, 0.3) is 0 Å². The molecule has 0 fully saturated rings. The van der Waals surface area contributed by atoms with Gasteiger partial charge in [-0.05, 0) is 33.3 Å². The molecule has 3 aromatic carbocycles. The zero-order chi connectivity index (χ0) is 23.9. The molecule has 0 atom stereocenters. The minimum absolute atomic E-state index is 0.356. The van der Waals surface area contributed by atoms with Gasteiger partial charge in [0.15, 0.2) is 5.84 Å². The van der Waals surface area contributed by atoms with Gasteiger partial charge in [0.1, 0.15) is 5.84 Å². The minimum Gasteiger partial charge on any atom is -0.427 e. The van der Waals surface area contributed by atoms with E-state index in [0.717, 1.165) is 22.2 Å². The summed E-state index contributed by atoms with van der Waals surface area (Å²) in [6, 6.07) is 27.6. The summed E-state index contributed by atoms with van der Waals surface area (Å²) in [5.74, 6) is 0.969. The third kappa shape index (κ3) is 6.88. The van der Waals surface area contributed by atoms with Gasteiger partial charge in [-0.15, -0.1) is 0 Å². The highest BCUT2D eigenvalue weighted by molar-refractivity contribution is 6.47. The van der Waals surface area contributed by atoms with Crippen LogP contribution in [0.4, 0.5) is 0 Å². The molecular weight excluding hydrogens is 409 g/mol. The van der Waals surface area contributed by atoms with Gasteiger partial charge in [0.05, 0.1) is 17.7 Å². The Kier molecular flexibility index (Phi) is 7.85. The molecule has 33 heavy (non-hydrogen) atoms. The molecule has 6 heteroatoms. The van der Waals surface area contributed by atoms with E-state index in [1.807, 2.05) is 98.8 Å². The second kappa shape index (κ2) is 10.6. The molecule has 0 unspecified atom stereocenters. The molecule has 3 rings (SSSR count). The van der Waals surface area contributed by atoms with E-state index in [4.69, 9.17) is 15.4 Å². The highest BCUT2D eigenvalue weighted by Gasteiger charge is 2.35. The number of aliphatic hydroxyl groups is 1. The lowest BCUT2D eigenvalue weighted by Crippen LogP contribution is -2.49. The lowest BCUT2D eigenvalue weighted by atomic mass is 9.82. The maximum atomic E-state index is 10.4. The van der Waals surface area contributed by atoms with E-state index < -0.39 is 11.2 Å². The van der Waals surface area contributed by atoms with Crippen LogP contribution >= 0.6 is 0 Å². The van der Waals surface area contributed by atoms with E-state index in [1.165, 1.54) is 0 Å². The van der Waals surface area contributed by atoms with Crippen molar-refractivity contribution in [1.82, 2.24) is 0 Å². The van der Waals surface area contributed by atoms with E-state index in [-0.39, 0.29) is 0 Å². The van der Waals surface area contributed by atoms with Crippen molar-refractivity contribution in [3.63, 3.8) is 0 Å². The molecular formula is C27H32BN3O2. The van der Waals surface area contributed by atoms with Crippen molar-refractivity contribution < 1.29 is 9.76 Å². The van der Waals surface area contributed by atoms with Crippen LogP contribution in [0, 0.1) is 0 Å². The average molecular weight is 441 g/mol. The van der Waals surface area contributed by atoms with Gasteiger partial charge in [0, 0.05) is 11.1 Å². The number of aliphatic imine (C=N–C) groups is 2. The first-order valence-electron chi connectivity index (χ1n) is 11.1. The van der Waals surface area contributed by atoms with Crippen molar-refractivity contribution >= 4 is 24.6 Å². The zero-order valence-electron chi connectivity index (χ0n) is 19.8. The number of nitrogens with two attached hydrogens (primary N) is 1. The lowest BCUT2D eigenvalue weighted by Gasteiger charge is -2.37. The molecule has 3 N–H and O–H groups in total. The molecule has 0 aliphatic heterocycles. The third-order valence-electron chi connectivity index (χ3n) is 5.81. The highest BCUT2D eigenvalue weighted by Crippen LogP contribution is 2.24. The molecule has 0 saturated carbocycles. The summed E-state index contributed by atoms with van der Waals surface area (Å²) in [7, 11) is 0.356. The van der Waals surface area contributed by atoms with Crippen LogP contribution in [0.25, 0.3) is 0 Å². The summed E-state index contributed by atoms with van der Waals surface area (Å²) in [5.41, 5.74) is 8.40. The number of benzene rings is 3. The molecule has 0 amide bonds. The number of nitrogens with zero attached hydrogens (tertiary/aromatic N) is 2. The predicted molar refractivity (Wildman–Crippen MR) is 139 cm³/mol. The lowest BCUT2D eigenvalue weighted by molar-refractivity contribution is -0.0893. The van der Waals surface area contributed by atoms with E-state index in [2.05, 4.69) is 4.99 Å². The Labute approximate surface area is 197 Å². The summed E-state index contributed by atoms with van der Waals surface area (Å²) in [4.78, 5) is 9.47. The summed E-state index contributed by atoms with van der Waals surface area (Å²) in [6.45, 7) is 7.76. The highest BCUT2D eigenvalue weighted by atomic mass is 16.5. The molecule has 5 nitrogen and oxygen atoms in total. The number of hydrogen-bond donors (Lipinski definition) is 2. The first kappa shape index (κ1) is 24.4. The van der Waals surface area contributed by atoms with Crippen molar-refractivity contribution in [2.24, 2.45) is 15.7 Å². The maximum Gasteiger partial charge on any atom is 0.309 e. The monoisotopic (exact) mass is 441 g/mol. The van der Waals surface area contributed by atoms with Crippen molar-refractivity contribution in [3.8, 4) is 0 Å². The van der Waals surface area contributed by atoms with Gasteiger partial charge in [-0.3, -0.25) is 4.99 Å². The van der Waals surface area contributed by atoms with Gasteiger partial charge < -0.3 is 15.5 Å². The average Bonchev–Trinajstić information content (AvgIpc) is 2.81. The fourth-order valence-corrected chi connectivity index (χ4v) is 2.97. The van der Waals surface area contributed by atoms with Crippen molar-refractivity contribution in [1.29, 1.82) is 0 Å². The SMILES string of the molecule is CC(C)(O)C(C)(C)OBc1cccc(C(/N=C(\N)c2ccccc2)=N/Cc2ccccc2)c1. The first-order valence-corrected chi connectivity index (χ1v) is 11.1. The molecule has 0 aromatic heterocycles. The minimum atomic E-state index is -0.971. The van der Waals surface area contributed by atoms with Crippen molar-refractivity contribution in [2.75, 3.05) is 0 Å². The van der Waals surface area contributed by atoms with E-state index >= 15 is 0 Å². The molecule has 0 aliphatic carbocycles. The van der Waals surface area contributed by atoms with Gasteiger partial charge in [-0.25, -0.2) is 4.99 Å². The number of hydrogen-bond acceptors (Lipinski definition) is 3. The van der Waals surface area contributed by atoms with Crippen molar-refractivity contribution in [2.45, 2.75) is 45.4 Å². The zero-order valence-corrected chi connectivity index (χ0v) is 19.8. The van der Waals surface area contributed by atoms with Crippen molar-refractivity contribution in [3.05, 3.63) is 102 Å². The second-order valence-electron chi connectivity index (χ2n) is 9.05. The van der Waals surface area contributed by atoms with Gasteiger partial charge in [0.2, 0.25) is 0 Å². The molecule has 0 saturated heterocycles. The topological polar surface area (TPSA) is 80.2 Å². The van der Waals surface area contributed by atoms with Crippen LogP contribution in [0.1, 0.15) is 44.4 Å². The van der Waals surface area contributed by atoms with Gasteiger partial charge in [-0.2, -0.15) is 0 Å². The van der Waals surface area contributed by atoms with Crippen LogP contribution in [-0.4, -0.2) is 35.5 Å². The molecule has 0 spiro atoms. The Balaban J connectivity index is 1.91. The first-order chi connectivity index (χ1) is 15.7. The quantitative estimate of drug-likeness (QED) is 0.319. The molecule has 0 aliphatic rings. The van der Waals surface area contributed by atoms with E-state index in [0.29, 0.717) is 25.7 Å². The smallest absolute Gasteiger partial charge is 0.309 e. The largest absolute Gasteiger partial charge is 0.427 e. The fourth-order valence-electron chi connectivity index (χ4n) is 2.97. The Bertz CT molecular complexity index is 1100. The second-order valence-corrected chi connectivity index (χ2v) is 9.05. The summed E-state index contributed by atoms with van der Waals surface area (Å²) in [6.07, 6.45) is 0. The Morgan fingerprint density at radius 3 is 2.12 bits per heavy atom. The predicted octanol–water partition coefficient (Wildman–Crippen LogP) is 3.58. The maximum absolute atomic E-state index is 10.4. The van der Waals surface area contributed by atoms with Crippen LogP contribution in [0.5, 0.6) is 0 Å². The van der Waals surface area contributed by atoms with Gasteiger partial charge >= 0.3 is 7.48 Å². The molecule has 0 bridgehead atoms. The fraction of sp³-hybridized carbons (Fsp3) is 0.259. The summed E-state index contributed by atoms with van der Waals surface area (Å²) >= 11 is 0. The Hall–Kier alpha value is -3.22. The number of rotatable bonds is 8. The Morgan fingerprint density at radius 1 is 0.879 bits per heavy atom. The molecule has 170 valence electrons.